The van der Waals surface area contributed by atoms with Gasteiger partial charge >= 0.3 is 0 Å². The summed E-state index contributed by atoms with van der Waals surface area (Å²) in [6.45, 7) is 17.7. The molecule has 0 spiro atoms. The quantitative estimate of drug-likeness (QED) is 0.147. The Morgan fingerprint density at radius 2 is 1.89 bits per heavy atom. The Labute approximate surface area is 232 Å². The van der Waals surface area contributed by atoms with Crippen LogP contribution in [0.5, 0.6) is 0 Å². The number of allylic oxidation sites excluding steroid dienone is 7. The summed E-state index contributed by atoms with van der Waals surface area (Å²) in [5.74, 6) is 0.0954. The molecule has 1 heterocycles. The molecule has 200 valence electrons. The first-order chi connectivity index (χ1) is 18.3. The molecule has 3 nitrogen and oxygen atoms in total. The summed E-state index contributed by atoms with van der Waals surface area (Å²) in [6, 6.07) is 9.56. The Balaban J connectivity index is 0.00000195. The van der Waals surface area contributed by atoms with Gasteiger partial charge in [0.15, 0.2) is 5.82 Å². The summed E-state index contributed by atoms with van der Waals surface area (Å²) in [6.07, 6.45) is 13.9. The predicted octanol–water partition coefficient (Wildman–Crippen LogP) is 8.89. The standard InChI is InChI=1S/C33H37FN2.H3NS/c1-7-9-10-14-27(21(3)4)31-30-22(5)24(12-8-2)18-19-29(30)36(33(31)23(6)25-16-17-25)20-26-13-11-15-28(35)32(26)34;1-2/h8-15,18-19,25H,3,6-7,16-17,20,35H2,1-2,4-5H3;2H,1H2/b10-9-,12-8-,27-14+;. The van der Waals surface area contributed by atoms with Crippen molar-refractivity contribution in [2.24, 2.45) is 11.1 Å². The van der Waals surface area contributed by atoms with Gasteiger partial charge in [-0.05, 0) is 80.4 Å². The molecule has 2 aromatic carbocycles. The molecule has 38 heavy (non-hydrogen) atoms. The van der Waals surface area contributed by atoms with Gasteiger partial charge in [0.05, 0.1) is 17.9 Å². The van der Waals surface area contributed by atoms with Crippen LogP contribution in [0.3, 0.4) is 0 Å². The van der Waals surface area contributed by atoms with E-state index in [2.05, 4.69) is 99.0 Å². The summed E-state index contributed by atoms with van der Waals surface area (Å²) in [5, 5.41) is 5.37. The Bertz CT molecular complexity index is 1430. The van der Waals surface area contributed by atoms with E-state index in [1.54, 1.807) is 6.07 Å². The maximum Gasteiger partial charge on any atom is 0.151 e. The van der Waals surface area contributed by atoms with Crippen molar-refractivity contribution in [3.05, 3.63) is 107 Å². The van der Waals surface area contributed by atoms with Crippen LogP contribution < -0.4 is 10.9 Å². The molecule has 1 aliphatic carbocycles. The average Bonchev–Trinajstić information content (AvgIpc) is 3.70. The molecule has 1 fully saturated rings. The van der Waals surface area contributed by atoms with Gasteiger partial charge in [-0.2, -0.15) is 0 Å². The van der Waals surface area contributed by atoms with Gasteiger partial charge in [-0.3, -0.25) is 5.14 Å². The van der Waals surface area contributed by atoms with Crippen molar-refractivity contribution in [3.8, 4) is 0 Å². The number of nitrogen functional groups attached to an aromatic ring is 1. The van der Waals surface area contributed by atoms with Crippen LogP contribution >= 0.6 is 12.8 Å². The van der Waals surface area contributed by atoms with Gasteiger partial charge < -0.3 is 10.3 Å². The zero-order valence-corrected chi connectivity index (χ0v) is 23.9. The lowest BCUT2D eigenvalue weighted by atomic mass is 9.90. The van der Waals surface area contributed by atoms with Crippen LogP contribution in [-0.4, -0.2) is 4.57 Å². The Morgan fingerprint density at radius 1 is 1.18 bits per heavy atom. The average molecular weight is 530 g/mol. The highest BCUT2D eigenvalue weighted by Gasteiger charge is 2.32. The van der Waals surface area contributed by atoms with Crippen LogP contribution in [0.15, 0.2) is 73.4 Å². The smallest absolute Gasteiger partial charge is 0.151 e. The van der Waals surface area contributed by atoms with Crippen molar-refractivity contribution < 1.29 is 4.39 Å². The van der Waals surface area contributed by atoms with Gasteiger partial charge in [-0.15, -0.1) is 12.8 Å². The Morgan fingerprint density at radius 3 is 2.50 bits per heavy atom. The number of nitrogens with zero attached hydrogens (tertiary/aromatic N) is 1. The van der Waals surface area contributed by atoms with E-state index >= 15 is 4.39 Å². The zero-order chi connectivity index (χ0) is 28.0. The largest absolute Gasteiger partial charge is 0.396 e. The van der Waals surface area contributed by atoms with Crippen LogP contribution in [0.1, 0.15) is 68.0 Å². The summed E-state index contributed by atoms with van der Waals surface area (Å²) in [5.41, 5.74) is 15.5. The summed E-state index contributed by atoms with van der Waals surface area (Å²) in [4.78, 5) is 0. The zero-order valence-electron chi connectivity index (χ0n) is 23.0. The number of halogens is 1. The van der Waals surface area contributed by atoms with Crippen molar-refractivity contribution in [3.63, 3.8) is 0 Å². The molecule has 0 aliphatic heterocycles. The van der Waals surface area contributed by atoms with Crippen LogP contribution in [0.25, 0.3) is 28.1 Å². The normalized spacial score (nSPS) is 13.8. The molecule has 4 rings (SSSR count). The fourth-order valence-corrected chi connectivity index (χ4v) is 5.00. The van der Waals surface area contributed by atoms with E-state index < -0.39 is 0 Å². The molecule has 0 saturated heterocycles. The lowest BCUT2D eigenvalue weighted by Gasteiger charge is -2.17. The second kappa shape index (κ2) is 13.0. The van der Waals surface area contributed by atoms with Crippen LogP contribution in [0.4, 0.5) is 10.1 Å². The fraction of sp³-hybridized carbons (Fsp3) is 0.273. The van der Waals surface area contributed by atoms with E-state index in [0.717, 1.165) is 52.8 Å². The van der Waals surface area contributed by atoms with Crippen molar-refractivity contribution in [2.45, 2.75) is 53.5 Å². The van der Waals surface area contributed by atoms with E-state index in [-0.39, 0.29) is 11.5 Å². The number of aryl methyl sites for hydroxylation is 1. The third-order valence-electron chi connectivity index (χ3n) is 7.05. The highest BCUT2D eigenvalue weighted by molar-refractivity contribution is 7.77. The molecular weight excluding hydrogens is 489 g/mol. The highest BCUT2D eigenvalue weighted by Crippen LogP contribution is 2.47. The lowest BCUT2D eigenvalue weighted by Crippen LogP contribution is -2.08. The van der Waals surface area contributed by atoms with E-state index in [4.69, 9.17) is 5.73 Å². The SMILES string of the molecule is C=C(C)/C(=C\C=C/CC)c1c(C(=C)C2CC2)n(Cc2cccc(N)c2F)c2ccc(/C=C\C)c(C)c12.NS. The summed E-state index contributed by atoms with van der Waals surface area (Å²) in [7, 11) is 0. The second-order valence-corrected chi connectivity index (χ2v) is 9.80. The third-order valence-corrected chi connectivity index (χ3v) is 7.05. The van der Waals surface area contributed by atoms with Crippen molar-refractivity contribution >= 4 is 46.6 Å². The number of aromatic nitrogens is 1. The van der Waals surface area contributed by atoms with Gasteiger partial charge in [-0.1, -0.05) is 74.2 Å². The molecule has 0 atom stereocenters. The molecule has 4 N–H and O–H groups in total. The van der Waals surface area contributed by atoms with Crippen molar-refractivity contribution in [1.82, 2.24) is 4.57 Å². The van der Waals surface area contributed by atoms with Gasteiger partial charge in [0.25, 0.3) is 0 Å². The van der Waals surface area contributed by atoms with Gasteiger partial charge in [-0.25, -0.2) is 4.39 Å². The lowest BCUT2D eigenvalue weighted by molar-refractivity contribution is 0.606. The monoisotopic (exact) mass is 529 g/mol. The van der Waals surface area contributed by atoms with Gasteiger partial charge in [0.1, 0.15) is 0 Å². The number of anilines is 1. The van der Waals surface area contributed by atoms with Crippen molar-refractivity contribution in [2.75, 3.05) is 5.73 Å². The summed E-state index contributed by atoms with van der Waals surface area (Å²) >= 11 is 3.03. The highest BCUT2D eigenvalue weighted by atomic mass is 32.1. The van der Waals surface area contributed by atoms with Gasteiger partial charge in [0, 0.05) is 22.0 Å². The molecule has 1 saturated carbocycles. The number of thiol groups is 1. The first-order valence-corrected chi connectivity index (χ1v) is 13.6. The number of nitrogens with two attached hydrogens (primary N) is 2. The second-order valence-electron chi connectivity index (χ2n) is 9.80. The number of rotatable bonds is 9. The molecule has 0 radical (unpaired) electrons. The summed E-state index contributed by atoms with van der Waals surface area (Å²) < 4.78 is 17.4. The first kappa shape index (κ1) is 29.3. The third kappa shape index (κ3) is 5.90. The van der Waals surface area contributed by atoms with Crippen LogP contribution in [-0.2, 0) is 6.54 Å². The Kier molecular flexibility index (Phi) is 10.0. The minimum atomic E-state index is -0.354. The molecule has 5 heteroatoms. The molecular formula is C33H40FN3S. The molecule has 0 unspecified atom stereocenters. The van der Waals surface area contributed by atoms with E-state index in [0.29, 0.717) is 18.0 Å². The molecule has 0 bridgehead atoms. The number of fused-ring (bicyclic) bond motifs is 1. The molecule has 0 amide bonds. The number of benzene rings is 2. The van der Waals surface area contributed by atoms with E-state index in [9.17, 15) is 0 Å². The van der Waals surface area contributed by atoms with Crippen LogP contribution in [0.2, 0.25) is 0 Å². The number of hydrogen-bond donors (Lipinski definition) is 3. The van der Waals surface area contributed by atoms with Gasteiger partial charge in [0.2, 0.25) is 0 Å². The molecule has 1 aliphatic rings. The van der Waals surface area contributed by atoms with E-state index in [1.165, 1.54) is 16.5 Å². The predicted molar refractivity (Wildman–Crippen MR) is 168 cm³/mol. The van der Waals surface area contributed by atoms with Crippen molar-refractivity contribution in [1.29, 1.82) is 0 Å². The maximum absolute atomic E-state index is 15.1. The number of hydrogen-bond acceptors (Lipinski definition) is 3. The fourth-order valence-electron chi connectivity index (χ4n) is 5.00. The van der Waals surface area contributed by atoms with E-state index in [1.807, 2.05) is 19.1 Å². The minimum Gasteiger partial charge on any atom is -0.396 e. The topological polar surface area (TPSA) is 57.0 Å². The molecule has 1 aromatic heterocycles. The maximum atomic E-state index is 15.1. The minimum absolute atomic E-state index is 0.172. The molecule has 3 aromatic rings. The first-order valence-electron chi connectivity index (χ1n) is 13.1. The van der Waals surface area contributed by atoms with Crippen LogP contribution in [0, 0.1) is 18.7 Å². The Hall–Kier alpha value is -3.28.